The number of likely N-dealkylation sites (tertiary alicyclic amines) is 1. The highest BCUT2D eigenvalue weighted by molar-refractivity contribution is 14.0. The lowest BCUT2D eigenvalue weighted by Crippen LogP contribution is -2.48. The average molecular weight is 459 g/mol. The van der Waals surface area contributed by atoms with E-state index in [1.165, 1.54) is 5.69 Å². The number of benzene rings is 1. The molecule has 2 rings (SSSR count). The van der Waals surface area contributed by atoms with E-state index in [9.17, 15) is 4.79 Å². The number of hydrogen-bond acceptors (Lipinski definition) is 3. The highest BCUT2D eigenvalue weighted by Crippen LogP contribution is 2.19. The maximum atomic E-state index is 11.1. The SMILES string of the molecule is CN=C(NCCN(C)c1ccccc1)N1CCCC(CC(N)=O)C1.I. The third-order valence-electron chi connectivity index (χ3n) is 4.45. The number of hydrogen-bond donors (Lipinski definition) is 2. The van der Waals surface area contributed by atoms with E-state index in [4.69, 9.17) is 5.73 Å². The van der Waals surface area contributed by atoms with Crippen molar-refractivity contribution in [3.8, 4) is 0 Å². The number of amides is 1. The largest absolute Gasteiger partial charge is 0.373 e. The number of nitrogens with two attached hydrogens (primary N) is 1. The number of rotatable bonds is 6. The second kappa shape index (κ2) is 11.2. The molecule has 1 aliphatic heterocycles. The molecule has 1 unspecified atom stereocenters. The first kappa shape index (κ1) is 21.5. The number of aliphatic imine (C=N–C) groups is 1. The number of carbonyl (C=O) groups is 1. The van der Waals surface area contributed by atoms with Gasteiger partial charge in [0.15, 0.2) is 5.96 Å². The van der Waals surface area contributed by atoms with Crippen LogP contribution in [0.3, 0.4) is 0 Å². The van der Waals surface area contributed by atoms with Crippen molar-refractivity contribution in [2.45, 2.75) is 19.3 Å². The Balaban J connectivity index is 0.00000312. The van der Waals surface area contributed by atoms with E-state index in [0.717, 1.165) is 45.0 Å². The Kier molecular flexibility index (Phi) is 9.62. The van der Waals surface area contributed by atoms with Gasteiger partial charge in [-0.2, -0.15) is 0 Å². The summed E-state index contributed by atoms with van der Waals surface area (Å²) in [7, 11) is 3.89. The lowest BCUT2D eigenvalue weighted by Gasteiger charge is -2.35. The monoisotopic (exact) mass is 459 g/mol. The fourth-order valence-corrected chi connectivity index (χ4v) is 3.19. The molecule has 140 valence electrons. The Hall–Kier alpha value is -1.51. The van der Waals surface area contributed by atoms with E-state index >= 15 is 0 Å². The number of halogens is 1. The number of nitrogens with zero attached hydrogens (tertiary/aromatic N) is 3. The first-order chi connectivity index (χ1) is 11.6. The zero-order valence-electron chi connectivity index (χ0n) is 15.1. The molecule has 0 aliphatic carbocycles. The Labute approximate surface area is 167 Å². The molecular formula is C18H30IN5O. The first-order valence-electron chi connectivity index (χ1n) is 8.60. The number of likely N-dealkylation sites (N-methyl/N-ethyl adjacent to an activating group) is 1. The van der Waals surface area contributed by atoms with Gasteiger partial charge in [0.05, 0.1) is 0 Å². The Bertz CT molecular complexity index is 552. The molecule has 1 aromatic carbocycles. The fourth-order valence-electron chi connectivity index (χ4n) is 3.19. The minimum Gasteiger partial charge on any atom is -0.373 e. The van der Waals surface area contributed by atoms with Gasteiger partial charge in [0.25, 0.3) is 0 Å². The van der Waals surface area contributed by atoms with Crippen molar-refractivity contribution < 1.29 is 4.79 Å². The summed E-state index contributed by atoms with van der Waals surface area (Å²) in [6.45, 7) is 3.53. The number of carbonyl (C=O) groups excluding carboxylic acids is 1. The normalized spacial score (nSPS) is 17.6. The van der Waals surface area contributed by atoms with Crippen molar-refractivity contribution in [1.82, 2.24) is 10.2 Å². The molecular weight excluding hydrogens is 429 g/mol. The maximum Gasteiger partial charge on any atom is 0.217 e. The summed E-state index contributed by atoms with van der Waals surface area (Å²) in [5.41, 5.74) is 6.54. The summed E-state index contributed by atoms with van der Waals surface area (Å²) < 4.78 is 0. The predicted octanol–water partition coefficient (Wildman–Crippen LogP) is 1.90. The molecule has 1 fully saturated rings. The van der Waals surface area contributed by atoms with Crippen LogP contribution in [0.2, 0.25) is 0 Å². The summed E-state index contributed by atoms with van der Waals surface area (Å²) in [6, 6.07) is 10.3. The molecule has 1 saturated heterocycles. The Morgan fingerprint density at radius 2 is 2.12 bits per heavy atom. The van der Waals surface area contributed by atoms with Crippen LogP contribution in [0.4, 0.5) is 5.69 Å². The highest BCUT2D eigenvalue weighted by Gasteiger charge is 2.23. The Morgan fingerprint density at radius 1 is 1.40 bits per heavy atom. The van der Waals surface area contributed by atoms with Crippen molar-refractivity contribution >= 4 is 41.5 Å². The number of nitrogens with one attached hydrogen (secondary N) is 1. The molecule has 0 spiro atoms. The predicted molar refractivity (Wildman–Crippen MR) is 115 cm³/mol. The van der Waals surface area contributed by atoms with Crippen molar-refractivity contribution in [2.24, 2.45) is 16.6 Å². The first-order valence-corrected chi connectivity index (χ1v) is 8.60. The number of primary amides is 1. The van der Waals surface area contributed by atoms with E-state index in [1.807, 2.05) is 18.2 Å². The minimum atomic E-state index is -0.214. The van der Waals surface area contributed by atoms with Gasteiger partial charge >= 0.3 is 0 Å². The van der Waals surface area contributed by atoms with Crippen molar-refractivity contribution in [1.29, 1.82) is 0 Å². The van der Waals surface area contributed by atoms with Gasteiger partial charge in [0.1, 0.15) is 0 Å². The molecule has 0 radical (unpaired) electrons. The van der Waals surface area contributed by atoms with Gasteiger partial charge in [-0.25, -0.2) is 0 Å². The van der Waals surface area contributed by atoms with E-state index in [-0.39, 0.29) is 29.9 Å². The summed E-state index contributed by atoms with van der Waals surface area (Å²) in [5, 5.41) is 3.43. The van der Waals surface area contributed by atoms with E-state index in [0.29, 0.717) is 12.3 Å². The smallest absolute Gasteiger partial charge is 0.217 e. The Morgan fingerprint density at radius 3 is 2.76 bits per heavy atom. The highest BCUT2D eigenvalue weighted by atomic mass is 127. The van der Waals surface area contributed by atoms with Crippen LogP contribution in [0.25, 0.3) is 0 Å². The van der Waals surface area contributed by atoms with Gasteiger partial charge in [-0.1, -0.05) is 18.2 Å². The maximum absolute atomic E-state index is 11.1. The molecule has 0 aromatic heterocycles. The van der Waals surface area contributed by atoms with Gasteiger partial charge in [-0.05, 0) is 30.9 Å². The molecule has 3 N–H and O–H groups in total. The van der Waals surface area contributed by atoms with E-state index in [2.05, 4.69) is 39.3 Å². The van der Waals surface area contributed by atoms with E-state index < -0.39 is 0 Å². The number of para-hydroxylation sites is 1. The summed E-state index contributed by atoms with van der Waals surface area (Å²) >= 11 is 0. The van der Waals surface area contributed by atoms with Crippen LogP contribution in [0, 0.1) is 5.92 Å². The molecule has 7 heteroatoms. The molecule has 1 aliphatic rings. The third-order valence-corrected chi connectivity index (χ3v) is 4.45. The molecule has 1 atom stereocenters. The number of piperidine rings is 1. The summed E-state index contributed by atoms with van der Waals surface area (Å²) in [4.78, 5) is 20.0. The van der Waals surface area contributed by atoms with Crippen molar-refractivity contribution in [3.05, 3.63) is 30.3 Å². The lowest BCUT2D eigenvalue weighted by molar-refractivity contribution is -0.119. The van der Waals surface area contributed by atoms with Crippen LogP contribution >= 0.6 is 24.0 Å². The second-order valence-corrected chi connectivity index (χ2v) is 6.36. The zero-order valence-corrected chi connectivity index (χ0v) is 17.5. The van der Waals surface area contributed by atoms with Gasteiger partial charge in [0.2, 0.25) is 5.91 Å². The molecule has 25 heavy (non-hydrogen) atoms. The molecule has 0 bridgehead atoms. The van der Waals surface area contributed by atoms with Crippen molar-refractivity contribution in [3.63, 3.8) is 0 Å². The second-order valence-electron chi connectivity index (χ2n) is 6.36. The van der Waals surface area contributed by atoms with Gasteiger partial charge in [0, 0.05) is 52.4 Å². The number of guanidine groups is 1. The molecule has 0 saturated carbocycles. The third kappa shape index (κ3) is 7.09. The van der Waals surface area contributed by atoms with Gasteiger partial charge in [-0.3, -0.25) is 9.79 Å². The molecule has 6 nitrogen and oxygen atoms in total. The van der Waals surface area contributed by atoms with Crippen LogP contribution in [0.5, 0.6) is 0 Å². The average Bonchev–Trinajstić information content (AvgIpc) is 2.59. The lowest BCUT2D eigenvalue weighted by atomic mass is 9.95. The quantitative estimate of drug-likeness (QED) is 0.387. The van der Waals surface area contributed by atoms with Crippen LogP contribution in [0.15, 0.2) is 35.3 Å². The fraction of sp³-hybridized carbons (Fsp3) is 0.556. The van der Waals surface area contributed by atoms with Crippen LogP contribution in [0.1, 0.15) is 19.3 Å². The van der Waals surface area contributed by atoms with Crippen LogP contribution in [-0.2, 0) is 4.79 Å². The standard InChI is InChI=1S/C18H29N5O.HI/c1-20-18(23-11-6-7-15(14-23)13-17(19)24)21-10-12-22(2)16-8-4-3-5-9-16;/h3-5,8-9,15H,6-7,10-14H2,1-2H3,(H2,19,24)(H,20,21);1H. The van der Waals surface area contributed by atoms with E-state index in [1.54, 1.807) is 7.05 Å². The van der Waals surface area contributed by atoms with Gasteiger partial charge in [-0.15, -0.1) is 24.0 Å². The van der Waals surface area contributed by atoms with Crippen molar-refractivity contribution in [2.75, 3.05) is 45.2 Å². The molecule has 1 amide bonds. The number of anilines is 1. The molecule has 1 aromatic rings. The summed E-state index contributed by atoms with van der Waals surface area (Å²) in [5.74, 6) is 1.03. The molecule has 1 heterocycles. The topological polar surface area (TPSA) is 74.0 Å². The minimum absolute atomic E-state index is 0. The summed E-state index contributed by atoms with van der Waals surface area (Å²) in [6.07, 6.45) is 2.60. The van der Waals surface area contributed by atoms with Crippen LogP contribution < -0.4 is 16.0 Å². The van der Waals surface area contributed by atoms with Crippen LogP contribution in [-0.4, -0.2) is 57.0 Å². The van der Waals surface area contributed by atoms with Gasteiger partial charge < -0.3 is 20.9 Å². The zero-order chi connectivity index (χ0) is 17.4.